The number of ether oxygens (including phenoxy) is 1. The van der Waals surface area contributed by atoms with Crippen LogP contribution in [0.3, 0.4) is 0 Å². The lowest BCUT2D eigenvalue weighted by Crippen LogP contribution is -2.23. The van der Waals surface area contributed by atoms with E-state index in [1.807, 2.05) is 24.3 Å². The van der Waals surface area contributed by atoms with Gasteiger partial charge >= 0.3 is 0 Å². The molecule has 2 aliphatic carbocycles. The molecule has 1 aromatic carbocycles. The van der Waals surface area contributed by atoms with Gasteiger partial charge in [0, 0.05) is 17.9 Å². The fourth-order valence-corrected chi connectivity index (χ4v) is 3.90. The molecule has 2 aromatic heterocycles. The highest BCUT2D eigenvalue weighted by atomic mass is 16.5. The zero-order valence-corrected chi connectivity index (χ0v) is 15.5. The SMILES string of the molecule is C#CCOc1cccc(-c2noc(C3CCc4nnn(C5CCC5)c4C3)n2)c1. The van der Waals surface area contributed by atoms with E-state index < -0.39 is 0 Å². The van der Waals surface area contributed by atoms with E-state index in [0.717, 1.165) is 30.5 Å². The average molecular weight is 375 g/mol. The van der Waals surface area contributed by atoms with E-state index in [0.29, 0.717) is 23.5 Å². The van der Waals surface area contributed by atoms with Gasteiger partial charge in [0.1, 0.15) is 12.4 Å². The van der Waals surface area contributed by atoms with Crippen molar-refractivity contribution in [1.29, 1.82) is 0 Å². The van der Waals surface area contributed by atoms with Crippen molar-refractivity contribution in [3.63, 3.8) is 0 Å². The van der Waals surface area contributed by atoms with Gasteiger partial charge in [0.05, 0.1) is 17.4 Å². The summed E-state index contributed by atoms with van der Waals surface area (Å²) in [7, 11) is 0. The minimum Gasteiger partial charge on any atom is -0.481 e. The number of hydrogen-bond donors (Lipinski definition) is 0. The highest BCUT2D eigenvalue weighted by Crippen LogP contribution is 2.37. The second-order valence-electron chi connectivity index (χ2n) is 7.43. The van der Waals surface area contributed by atoms with Crippen LogP contribution in [0.25, 0.3) is 11.4 Å². The topological polar surface area (TPSA) is 78.9 Å². The van der Waals surface area contributed by atoms with Gasteiger partial charge < -0.3 is 9.26 Å². The summed E-state index contributed by atoms with van der Waals surface area (Å²) >= 11 is 0. The number of aromatic nitrogens is 5. The lowest BCUT2D eigenvalue weighted by atomic mass is 9.87. The van der Waals surface area contributed by atoms with Crippen molar-refractivity contribution in [2.24, 2.45) is 0 Å². The Labute approximate surface area is 163 Å². The van der Waals surface area contributed by atoms with E-state index in [2.05, 4.69) is 31.1 Å². The lowest BCUT2D eigenvalue weighted by Gasteiger charge is -2.28. The molecule has 3 aromatic rings. The molecule has 2 heterocycles. The minimum atomic E-state index is 0.201. The van der Waals surface area contributed by atoms with Gasteiger partial charge in [-0.3, -0.25) is 0 Å². The quantitative estimate of drug-likeness (QED) is 0.637. The first-order chi connectivity index (χ1) is 13.8. The molecule has 1 saturated carbocycles. The highest BCUT2D eigenvalue weighted by Gasteiger charge is 2.32. The molecule has 1 unspecified atom stereocenters. The van der Waals surface area contributed by atoms with Crippen LogP contribution in [0.1, 0.15) is 54.9 Å². The van der Waals surface area contributed by atoms with Gasteiger partial charge in [0.15, 0.2) is 0 Å². The van der Waals surface area contributed by atoms with Crippen LogP contribution < -0.4 is 4.74 Å². The fraction of sp³-hybridized carbons (Fsp3) is 0.429. The van der Waals surface area contributed by atoms with E-state index in [1.54, 1.807) is 0 Å². The maximum absolute atomic E-state index is 5.63. The number of benzene rings is 1. The van der Waals surface area contributed by atoms with Crippen LogP contribution in [-0.4, -0.2) is 31.7 Å². The van der Waals surface area contributed by atoms with Crippen LogP contribution in [0.4, 0.5) is 0 Å². The number of fused-ring (bicyclic) bond motifs is 1. The van der Waals surface area contributed by atoms with E-state index >= 15 is 0 Å². The molecule has 0 N–H and O–H groups in total. The van der Waals surface area contributed by atoms with Gasteiger partial charge in [-0.2, -0.15) is 4.98 Å². The zero-order chi connectivity index (χ0) is 18.9. The van der Waals surface area contributed by atoms with Gasteiger partial charge in [-0.1, -0.05) is 28.4 Å². The molecule has 5 rings (SSSR count). The molecule has 7 heteroatoms. The zero-order valence-electron chi connectivity index (χ0n) is 15.5. The summed E-state index contributed by atoms with van der Waals surface area (Å²) in [4.78, 5) is 4.67. The number of nitrogens with zero attached hydrogens (tertiary/aromatic N) is 5. The number of aryl methyl sites for hydroxylation is 1. The summed E-state index contributed by atoms with van der Waals surface area (Å²) in [6.45, 7) is 0.230. The van der Waals surface area contributed by atoms with E-state index in [1.165, 1.54) is 25.0 Å². The standard InChI is InChI=1S/C21H21N5O2/c1-2-11-27-17-8-3-5-14(12-17)20-22-21(28-24-20)15-9-10-18-19(13-15)26(25-23-18)16-6-4-7-16/h1,3,5,8,12,15-16H,4,6-7,9-11,13H2. The van der Waals surface area contributed by atoms with Crippen molar-refractivity contribution in [3.8, 4) is 29.5 Å². The molecule has 0 radical (unpaired) electrons. The van der Waals surface area contributed by atoms with Gasteiger partial charge in [-0.25, -0.2) is 4.68 Å². The molecular weight excluding hydrogens is 354 g/mol. The Balaban J connectivity index is 1.36. The molecule has 0 spiro atoms. The summed E-state index contributed by atoms with van der Waals surface area (Å²) < 4.78 is 13.2. The average Bonchev–Trinajstić information content (AvgIpc) is 3.33. The molecule has 1 fully saturated rings. The summed E-state index contributed by atoms with van der Waals surface area (Å²) in [6, 6.07) is 8.08. The van der Waals surface area contributed by atoms with Crippen molar-refractivity contribution < 1.29 is 9.26 Å². The van der Waals surface area contributed by atoms with Crippen molar-refractivity contribution in [1.82, 2.24) is 25.1 Å². The van der Waals surface area contributed by atoms with Crippen molar-refractivity contribution in [3.05, 3.63) is 41.5 Å². The molecule has 1 atom stereocenters. The Bertz CT molecular complexity index is 1030. The van der Waals surface area contributed by atoms with E-state index in [9.17, 15) is 0 Å². The van der Waals surface area contributed by atoms with Crippen LogP contribution in [0.5, 0.6) is 5.75 Å². The van der Waals surface area contributed by atoms with E-state index in [4.69, 9.17) is 15.7 Å². The predicted molar refractivity (Wildman–Crippen MR) is 102 cm³/mol. The monoisotopic (exact) mass is 375 g/mol. The second-order valence-corrected chi connectivity index (χ2v) is 7.43. The minimum absolute atomic E-state index is 0.201. The van der Waals surface area contributed by atoms with Crippen LogP contribution >= 0.6 is 0 Å². The Morgan fingerprint density at radius 3 is 3.04 bits per heavy atom. The highest BCUT2D eigenvalue weighted by molar-refractivity contribution is 5.57. The molecular formula is C21H21N5O2. The largest absolute Gasteiger partial charge is 0.481 e. The smallest absolute Gasteiger partial charge is 0.230 e. The normalized spacial score (nSPS) is 18.9. The molecule has 28 heavy (non-hydrogen) atoms. The summed E-state index contributed by atoms with van der Waals surface area (Å²) in [6.07, 6.45) is 11.6. The third-order valence-corrected chi connectivity index (χ3v) is 5.67. The molecule has 0 saturated heterocycles. The van der Waals surface area contributed by atoms with E-state index in [-0.39, 0.29) is 12.5 Å². The first kappa shape index (κ1) is 17.0. The maximum Gasteiger partial charge on any atom is 0.230 e. The van der Waals surface area contributed by atoms with Crippen molar-refractivity contribution in [2.75, 3.05) is 6.61 Å². The molecule has 0 aliphatic heterocycles. The van der Waals surface area contributed by atoms with Crippen LogP contribution in [0.15, 0.2) is 28.8 Å². The van der Waals surface area contributed by atoms with Crippen molar-refractivity contribution in [2.45, 2.75) is 50.5 Å². The Hall–Kier alpha value is -3.14. The Morgan fingerprint density at radius 1 is 1.29 bits per heavy atom. The van der Waals surface area contributed by atoms with Gasteiger partial charge in [-0.05, 0) is 44.2 Å². The first-order valence-electron chi connectivity index (χ1n) is 9.75. The maximum atomic E-state index is 5.63. The summed E-state index contributed by atoms with van der Waals surface area (Å²) in [5.41, 5.74) is 3.22. The summed E-state index contributed by atoms with van der Waals surface area (Å²) in [5.74, 6) is 4.60. The molecule has 0 amide bonds. The second kappa shape index (κ2) is 7.12. The first-order valence-corrected chi connectivity index (χ1v) is 9.75. The fourth-order valence-electron chi connectivity index (χ4n) is 3.90. The molecule has 0 bridgehead atoms. The van der Waals surface area contributed by atoms with Gasteiger partial charge in [-0.15, -0.1) is 11.5 Å². The number of hydrogen-bond acceptors (Lipinski definition) is 6. The summed E-state index contributed by atoms with van der Waals surface area (Å²) in [5, 5.41) is 13.0. The number of terminal acetylenes is 1. The van der Waals surface area contributed by atoms with Crippen LogP contribution in [0.2, 0.25) is 0 Å². The van der Waals surface area contributed by atoms with Crippen LogP contribution in [-0.2, 0) is 12.8 Å². The van der Waals surface area contributed by atoms with Crippen molar-refractivity contribution >= 4 is 0 Å². The third kappa shape index (κ3) is 3.05. The molecule has 142 valence electrons. The number of rotatable bonds is 5. The predicted octanol–water partition coefficient (Wildman–Crippen LogP) is 3.34. The Kier molecular flexibility index (Phi) is 4.32. The van der Waals surface area contributed by atoms with Gasteiger partial charge in [0.25, 0.3) is 0 Å². The molecule has 2 aliphatic rings. The van der Waals surface area contributed by atoms with Crippen LogP contribution in [0, 0.1) is 12.3 Å². The van der Waals surface area contributed by atoms with Gasteiger partial charge in [0.2, 0.25) is 11.7 Å². The molecule has 7 nitrogen and oxygen atoms in total. The third-order valence-electron chi connectivity index (χ3n) is 5.67. The lowest BCUT2D eigenvalue weighted by molar-refractivity contribution is 0.271. The Morgan fingerprint density at radius 2 is 2.21 bits per heavy atom.